The van der Waals surface area contributed by atoms with Crippen molar-refractivity contribution in [2.24, 2.45) is 5.41 Å². The van der Waals surface area contributed by atoms with Gasteiger partial charge in [-0.05, 0) is 18.8 Å². The molecule has 0 aromatic rings. The Morgan fingerprint density at radius 3 is 2.43 bits per heavy atom. The molecule has 0 aromatic carbocycles. The van der Waals surface area contributed by atoms with Crippen molar-refractivity contribution in [2.45, 2.75) is 52.7 Å². The molecule has 0 spiro atoms. The number of amides is 1. The normalized spacial score (nSPS) is 28.2. The largest absolute Gasteiger partial charge is 0.391 e. The van der Waals surface area contributed by atoms with Gasteiger partial charge in [-0.1, -0.05) is 20.8 Å². The van der Waals surface area contributed by atoms with Crippen LogP contribution in [0.2, 0.25) is 0 Å². The number of aliphatic hydroxyl groups excluding tert-OH is 1. The summed E-state index contributed by atoms with van der Waals surface area (Å²) >= 11 is 0. The van der Waals surface area contributed by atoms with E-state index in [1.54, 1.807) is 4.90 Å². The van der Waals surface area contributed by atoms with Crippen LogP contribution in [0.4, 0.5) is 0 Å². The highest BCUT2D eigenvalue weighted by molar-refractivity contribution is 5.77. The molecule has 1 rings (SSSR count). The molecule has 2 atom stereocenters. The zero-order valence-corrected chi connectivity index (χ0v) is 9.58. The van der Waals surface area contributed by atoms with Gasteiger partial charge in [0.25, 0.3) is 0 Å². The Morgan fingerprint density at radius 1 is 1.50 bits per heavy atom. The van der Waals surface area contributed by atoms with Crippen molar-refractivity contribution in [3.05, 3.63) is 0 Å². The molecule has 1 heterocycles. The predicted octanol–water partition coefficient (Wildman–Crippen LogP) is 1.40. The van der Waals surface area contributed by atoms with E-state index in [2.05, 4.69) is 20.8 Å². The number of hydrogen-bond acceptors (Lipinski definition) is 2. The van der Waals surface area contributed by atoms with Crippen LogP contribution in [0, 0.1) is 5.41 Å². The van der Waals surface area contributed by atoms with E-state index in [4.69, 9.17) is 0 Å². The summed E-state index contributed by atoms with van der Waals surface area (Å²) in [7, 11) is 0. The summed E-state index contributed by atoms with van der Waals surface area (Å²) in [5, 5.41) is 9.42. The minimum Gasteiger partial charge on any atom is -0.391 e. The fraction of sp³-hybridized carbons (Fsp3) is 0.909. The molecule has 0 saturated carbocycles. The smallest absolute Gasteiger partial charge is 0.223 e. The van der Waals surface area contributed by atoms with Crippen molar-refractivity contribution in [3.63, 3.8) is 0 Å². The lowest BCUT2D eigenvalue weighted by atomic mass is 9.91. The number of likely N-dealkylation sites (tertiary alicyclic amines) is 1. The number of rotatable bonds is 1. The van der Waals surface area contributed by atoms with E-state index in [1.165, 1.54) is 0 Å². The third-order valence-corrected chi connectivity index (χ3v) is 2.55. The van der Waals surface area contributed by atoms with Crippen molar-refractivity contribution in [3.8, 4) is 0 Å². The zero-order valence-electron chi connectivity index (χ0n) is 9.58. The third-order valence-electron chi connectivity index (χ3n) is 2.55. The summed E-state index contributed by atoms with van der Waals surface area (Å²) in [6, 6.07) is 0.194. The number of carbonyl (C=O) groups excluding carboxylic acids is 1. The van der Waals surface area contributed by atoms with Gasteiger partial charge in [0.15, 0.2) is 0 Å². The first-order chi connectivity index (χ1) is 6.29. The summed E-state index contributed by atoms with van der Waals surface area (Å²) in [4.78, 5) is 13.6. The molecule has 14 heavy (non-hydrogen) atoms. The number of β-amino-alcohol motifs (C(OH)–C–C–N with tert-alkyl or cyclic N) is 1. The number of aliphatic hydroxyl groups is 1. The Bertz CT molecular complexity index is 220. The van der Waals surface area contributed by atoms with Crippen molar-refractivity contribution in [2.75, 3.05) is 6.54 Å². The van der Waals surface area contributed by atoms with Crippen molar-refractivity contribution in [1.29, 1.82) is 0 Å². The maximum Gasteiger partial charge on any atom is 0.223 e. The van der Waals surface area contributed by atoms with Crippen LogP contribution in [-0.4, -0.2) is 34.6 Å². The summed E-state index contributed by atoms with van der Waals surface area (Å²) in [6.45, 7) is 8.68. The highest BCUT2D eigenvalue weighted by Crippen LogP contribution is 2.24. The molecule has 1 aliphatic heterocycles. The quantitative estimate of drug-likeness (QED) is 0.693. The molecule has 0 bridgehead atoms. The molecule has 1 saturated heterocycles. The summed E-state index contributed by atoms with van der Waals surface area (Å²) < 4.78 is 0. The van der Waals surface area contributed by atoms with Gasteiger partial charge in [0, 0.05) is 19.0 Å². The van der Waals surface area contributed by atoms with E-state index < -0.39 is 0 Å². The molecule has 0 unspecified atom stereocenters. The van der Waals surface area contributed by atoms with Crippen LogP contribution in [0.1, 0.15) is 40.5 Å². The van der Waals surface area contributed by atoms with Gasteiger partial charge in [-0.25, -0.2) is 0 Å². The Hall–Kier alpha value is -0.570. The molecule has 82 valence electrons. The fourth-order valence-electron chi connectivity index (χ4n) is 1.91. The molecule has 0 radical (unpaired) electrons. The summed E-state index contributed by atoms with van der Waals surface area (Å²) in [6.07, 6.45) is 0.953. The second-order valence-corrected chi connectivity index (χ2v) is 5.52. The molecular formula is C11H21NO2. The molecule has 1 fully saturated rings. The average Bonchev–Trinajstić information content (AvgIpc) is 2.26. The minimum absolute atomic E-state index is 0.0321. The molecule has 1 amide bonds. The van der Waals surface area contributed by atoms with Gasteiger partial charge < -0.3 is 10.0 Å². The van der Waals surface area contributed by atoms with Crippen LogP contribution in [0.15, 0.2) is 0 Å². The first-order valence-corrected chi connectivity index (χ1v) is 5.27. The van der Waals surface area contributed by atoms with Crippen LogP contribution in [-0.2, 0) is 4.79 Å². The monoisotopic (exact) mass is 199 g/mol. The average molecular weight is 199 g/mol. The molecule has 1 aliphatic rings. The van der Waals surface area contributed by atoms with Crippen LogP contribution in [0.25, 0.3) is 0 Å². The van der Waals surface area contributed by atoms with Gasteiger partial charge in [-0.2, -0.15) is 0 Å². The Labute approximate surface area is 86.1 Å². The summed E-state index contributed by atoms with van der Waals surface area (Å²) in [5.74, 6) is 0.168. The summed E-state index contributed by atoms with van der Waals surface area (Å²) in [5.41, 5.74) is 0.0321. The number of carbonyl (C=O) groups is 1. The highest BCUT2D eigenvalue weighted by Gasteiger charge is 2.32. The van der Waals surface area contributed by atoms with Crippen LogP contribution in [0.3, 0.4) is 0 Å². The second-order valence-electron chi connectivity index (χ2n) is 5.52. The molecule has 1 N–H and O–H groups in total. The first kappa shape index (κ1) is 11.5. The van der Waals surface area contributed by atoms with Crippen LogP contribution >= 0.6 is 0 Å². The Balaban J connectivity index is 2.53. The highest BCUT2D eigenvalue weighted by atomic mass is 16.3. The predicted molar refractivity (Wildman–Crippen MR) is 55.9 cm³/mol. The van der Waals surface area contributed by atoms with Crippen LogP contribution < -0.4 is 0 Å². The number of nitrogens with zero attached hydrogens (tertiary/aromatic N) is 1. The Kier molecular flexibility index (Phi) is 3.20. The van der Waals surface area contributed by atoms with E-state index >= 15 is 0 Å². The minimum atomic E-state index is -0.325. The Morgan fingerprint density at radius 2 is 2.07 bits per heavy atom. The van der Waals surface area contributed by atoms with E-state index in [0.717, 1.165) is 6.42 Å². The molecule has 3 heteroatoms. The van der Waals surface area contributed by atoms with E-state index in [-0.39, 0.29) is 23.5 Å². The van der Waals surface area contributed by atoms with E-state index in [9.17, 15) is 9.90 Å². The molecular weight excluding hydrogens is 178 g/mol. The maximum absolute atomic E-state index is 11.8. The topological polar surface area (TPSA) is 40.5 Å². The standard InChI is InChI=1S/C11H21NO2/c1-8-5-9(13)7-12(8)10(14)6-11(2,3)4/h8-9,13H,5-7H2,1-4H3/t8-,9-/m1/s1. The lowest BCUT2D eigenvalue weighted by Crippen LogP contribution is -2.36. The molecule has 0 aromatic heterocycles. The van der Waals surface area contributed by atoms with E-state index in [1.807, 2.05) is 6.92 Å². The zero-order chi connectivity index (χ0) is 10.9. The van der Waals surface area contributed by atoms with E-state index in [0.29, 0.717) is 13.0 Å². The van der Waals surface area contributed by atoms with Crippen molar-refractivity contribution >= 4 is 5.91 Å². The molecule has 3 nitrogen and oxygen atoms in total. The third kappa shape index (κ3) is 2.98. The SMILES string of the molecule is C[C@@H]1C[C@@H](O)CN1C(=O)CC(C)(C)C. The lowest BCUT2D eigenvalue weighted by molar-refractivity contribution is -0.133. The molecule has 0 aliphatic carbocycles. The van der Waals surface area contributed by atoms with Gasteiger partial charge in [0.2, 0.25) is 5.91 Å². The van der Waals surface area contributed by atoms with Gasteiger partial charge in [0.1, 0.15) is 0 Å². The maximum atomic E-state index is 11.8. The van der Waals surface area contributed by atoms with Crippen molar-refractivity contribution < 1.29 is 9.90 Å². The van der Waals surface area contributed by atoms with Gasteiger partial charge in [0.05, 0.1) is 6.10 Å². The number of hydrogen-bond donors (Lipinski definition) is 1. The van der Waals surface area contributed by atoms with Crippen LogP contribution in [0.5, 0.6) is 0 Å². The van der Waals surface area contributed by atoms with Crippen molar-refractivity contribution in [1.82, 2.24) is 4.90 Å². The van der Waals surface area contributed by atoms with Gasteiger partial charge >= 0.3 is 0 Å². The first-order valence-electron chi connectivity index (χ1n) is 5.27. The fourth-order valence-corrected chi connectivity index (χ4v) is 1.91. The lowest BCUT2D eigenvalue weighted by Gasteiger charge is -2.25. The van der Waals surface area contributed by atoms with Gasteiger partial charge in [-0.3, -0.25) is 4.79 Å². The van der Waals surface area contributed by atoms with Gasteiger partial charge in [-0.15, -0.1) is 0 Å². The second kappa shape index (κ2) is 3.89.